The van der Waals surface area contributed by atoms with Crippen LogP contribution in [0, 0.1) is 6.92 Å². The summed E-state index contributed by atoms with van der Waals surface area (Å²) in [6, 6.07) is 21.5. The van der Waals surface area contributed by atoms with Crippen LogP contribution < -0.4 is 4.72 Å². The number of sulfonamides is 1. The predicted octanol–water partition coefficient (Wildman–Crippen LogP) is 5.62. The maximum Gasteiger partial charge on any atom is 0.261 e. The highest BCUT2D eigenvalue weighted by molar-refractivity contribution is 7.92. The molecular weight excluding hydrogens is 366 g/mol. The van der Waals surface area contributed by atoms with E-state index in [2.05, 4.69) is 4.72 Å². The normalized spacial score (nSPS) is 11.6. The molecule has 0 atom stereocenters. The number of halogens is 1. The van der Waals surface area contributed by atoms with E-state index in [0.717, 1.165) is 11.1 Å². The third-order valence-corrected chi connectivity index (χ3v) is 5.46. The minimum absolute atomic E-state index is 0.219. The Kier molecular flexibility index (Phi) is 5.45. The lowest BCUT2D eigenvalue weighted by atomic mass is 10.1. The molecule has 0 aromatic heterocycles. The Morgan fingerprint density at radius 3 is 2.27 bits per heavy atom. The Labute approximate surface area is 159 Å². The zero-order chi connectivity index (χ0) is 18.6. The van der Waals surface area contributed by atoms with Crippen molar-refractivity contribution in [3.8, 4) is 0 Å². The molecule has 3 nitrogen and oxygen atoms in total. The van der Waals surface area contributed by atoms with E-state index >= 15 is 0 Å². The number of hydrogen-bond acceptors (Lipinski definition) is 2. The van der Waals surface area contributed by atoms with Gasteiger partial charge in [-0.3, -0.25) is 4.72 Å². The largest absolute Gasteiger partial charge is 0.279 e. The van der Waals surface area contributed by atoms with Crippen LogP contribution in [-0.4, -0.2) is 8.42 Å². The molecule has 0 radical (unpaired) electrons. The van der Waals surface area contributed by atoms with E-state index in [0.29, 0.717) is 16.3 Å². The van der Waals surface area contributed by atoms with Crippen molar-refractivity contribution in [1.29, 1.82) is 0 Å². The molecule has 0 aliphatic rings. The fourth-order valence-corrected chi connectivity index (χ4v) is 3.70. The van der Waals surface area contributed by atoms with E-state index in [1.54, 1.807) is 42.5 Å². The fourth-order valence-electron chi connectivity index (χ4n) is 2.44. The zero-order valence-corrected chi connectivity index (χ0v) is 15.8. The van der Waals surface area contributed by atoms with Crippen LogP contribution in [0.2, 0.25) is 5.02 Å². The van der Waals surface area contributed by atoms with Gasteiger partial charge in [0.1, 0.15) is 0 Å². The highest BCUT2D eigenvalue weighted by Crippen LogP contribution is 2.25. The maximum atomic E-state index is 12.7. The number of nitrogens with one attached hydrogen (secondary N) is 1. The first-order valence-electron chi connectivity index (χ1n) is 8.06. The molecule has 0 aliphatic carbocycles. The van der Waals surface area contributed by atoms with Gasteiger partial charge >= 0.3 is 0 Å². The molecule has 3 aromatic carbocycles. The summed E-state index contributed by atoms with van der Waals surface area (Å²) >= 11 is 6.09. The van der Waals surface area contributed by atoms with Gasteiger partial charge in [-0.1, -0.05) is 71.8 Å². The van der Waals surface area contributed by atoms with E-state index in [1.807, 2.05) is 49.4 Å². The number of rotatable bonds is 5. The van der Waals surface area contributed by atoms with Gasteiger partial charge in [-0.25, -0.2) is 8.42 Å². The van der Waals surface area contributed by atoms with Crippen LogP contribution in [0.1, 0.15) is 16.7 Å². The first-order valence-corrected chi connectivity index (χ1v) is 9.92. The standard InChI is InChI=1S/C21H18ClNO2S/c1-16-7-12-20(13-8-16)26(24,25)23-21-14-11-19(22)15-18(21)10-9-17-5-3-2-4-6-17/h2-15,23H,1H3/b10-9+. The van der Waals surface area contributed by atoms with Crippen LogP contribution in [-0.2, 0) is 10.0 Å². The monoisotopic (exact) mass is 383 g/mol. The molecule has 0 saturated heterocycles. The van der Waals surface area contributed by atoms with Crippen LogP contribution in [0.5, 0.6) is 0 Å². The van der Waals surface area contributed by atoms with Crippen molar-refractivity contribution in [2.24, 2.45) is 0 Å². The summed E-state index contributed by atoms with van der Waals surface area (Å²) in [5.41, 5.74) is 3.18. The Balaban J connectivity index is 1.93. The van der Waals surface area contributed by atoms with Crippen LogP contribution in [0.15, 0.2) is 77.7 Å². The molecule has 0 amide bonds. The molecule has 0 bridgehead atoms. The Morgan fingerprint density at radius 2 is 1.58 bits per heavy atom. The highest BCUT2D eigenvalue weighted by Gasteiger charge is 2.15. The molecule has 0 fully saturated rings. The molecule has 26 heavy (non-hydrogen) atoms. The summed E-state index contributed by atoms with van der Waals surface area (Å²) in [5.74, 6) is 0. The van der Waals surface area contributed by atoms with Crippen molar-refractivity contribution in [2.45, 2.75) is 11.8 Å². The fraction of sp³-hybridized carbons (Fsp3) is 0.0476. The molecule has 3 aromatic rings. The van der Waals surface area contributed by atoms with Crippen LogP contribution in [0.3, 0.4) is 0 Å². The highest BCUT2D eigenvalue weighted by atomic mass is 35.5. The second-order valence-electron chi connectivity index (χ2n) is 5.89. The number of benzene rings is 3. The van der Waals surface area contributed by atoms with Crippen LogP contribution in [0.25, 0.3) is 12.2 Å². The summed E-state index contributed by atoms with van der Waals surface area (Å²) < 4.78 is 28.0. The zero-order valence-electron chi connectivity index (χ0n) is 14.2. The minimum atomic E-state index is -3.68. The quantitative estimate of drug-likeness (QED) is 0.581. The third kappa shape index (κ3) is 4.54. The van der Waals surface area contributed by atoms with Gasteiger partial charge < -0.3 is 0 Å². The molecular formula is C21H18ClNO2S. The summed E-state index contributed by atoms with van der Waals surface area (Å²) in [7, 11) is -3.68. The maximum absolute atomic E-state index is 12.7. The second kappa shape index (κ2) is 7.77. The van der Waals surface area contributed by atoms with Gasteiger partial charge in [0, 0.05) is 10.6 Å². The van der Waals surface area contributed by atoms with E-state index in [1.165, 1.54) is 0 Å². The Hall–Kier alpha value is -2.56. The summed E-state index contributed by atoms with van der Waals surface area (Å²) in [6.07, 6.45) is 3.75. The molecule has 0 unspecified atom stereocenters. The van der Waals surface area contributed by atoms with Gasteiger partial charge in [0.2, 0.25) is 0 Å². The van der Waals surface area contributed by atoms with E-state index < -0.39 is 10.0 Å². The van der Waals surface area contributed by atoms with Gasteiger partial charge in [-0.15, -0.1) is 0 Å². The Morgan fingerprint density at radius 1 is 0.885 bits per heavy atom. The van der Waals surface area contributed by atoms with E-state index in [4.69, 9.17) is 11.6 Å². The lowest BCUT2D eigenvalue weighted by molar-refractivity contribution is 0.601. The van der Waals surface area contributed by atoms with Gasteiger partial charge in [-0.2, -0.15) is 0 Å². The van der Waals surface area contributed by atoms with Crippen LogP contribution in [0.4, 0.5) is 5.69 Å². The minimum Gasteiger partial charge on any atom is -0.279 e. The summed E-state index contributed by atoms with van der Waals surface area (Å²) in [6.45, 7) is 1.91. The molecule has 1 N–H and O–H groups in total. The van der Waals surface area contributed by atoms with E-state index in [-0.39, 0.29) is 4.90 Å². The molecule has 0 heterocycles. The lowest BCUT2D eigenvalue weighted by Crippen LogP contribution is -2.13. The topological polar surface area (TPSA) is 46.2 Å². The van der Waals surface area contributed by atoms with Gasteiger partial charge in [-0.05, 0) is 42.8 Å². The first-order chi connectivity index (χ1) is 12.4. The summed E-state index contributed by atoms with van der Waals surface area (Å²) in [5, 5.41) is 0.538. The average molecular weight is 384 g/mol. The van der Waals surface area contributed by atoms with Crippen LogP contribution >= 0.6 is 11.6 Å². The lowest BCUT2D eigenvalue weighted by Gasteiger charge is -2.11. The number of aryl methyl sites for hydroxylation is 1. The van der Waals surface area contributed by atoms with Gasteiger partial charge in [0.15, 0.2) is 0 Å². The molecule has 5 heteroatoms. The Bertz CT molecular complexity index is 1030. The van der Waals surface area contributed by atoms with Crippen molar-refractivity contribution < 1.29 is 8.42 Å². The molecule has 0 aliphatic heterocycles. The summed E-state index contributed by atoms with van der Waals surface area (Å²) in [4.78, 5) is 0.219. The molecule has 132 valence electrons. The second-order valence-corrected chi connectivity index (χ2v) is 8.01. The van der Waals surface area contributed by atoms with Crippen molar-refractivity contribution in [3.05, 3.63) is 94.5 Å². The molecule has 0 saturated carbocycles. The van der Waals surface area contributed by atoms with Gasteiger partial charge in [0.25, 0.3) is 10.0 Å². The number of hydrogen-bond donors (Lipinski definition) is 1. The van der Waals surface area contributed by atoms with Crippen molar-refractivity contribution in [2.75, 3.05) is 4.72 Å². The van der Waals surface area contributed by atoms with E-state index in [9.17, 15) is 8.42 Å². The van der Waals surface area contributed by atoms with Gasteiger partial charge in [0.05, 0.1) is 10.6 Å². The third-order valence-electron chi connectivity index (χ3n) is 3.84. The predicted molar refractivity (Wildman–Crippen MR) is 109 cm³/mol. The van der Waals surface area contributed by atoms with Crippen molar-refractivity contribution in [3.63, 3.8) is 0 Å². The number of anilines is 1. The average Bonchev–Trinajstić information content (AvgIpc) is 2.63. The first kappa shape index (κ1) is 18.2. The van der Waals surface area contributed by atoms with Crippen molar-refractivity contribution in [1.82, 2.24) is 0 Å². The SMILES string of the molecule is Cc1ccc(S(=O)(=O)Nc2ccc(Cl)cc2/C=C/c2ccccc2)cc1. The van der Waals surface area contributed by atoms with Crippen molar-refractivity contribution >= 4 is 39.5 Å². The molecule has 0 spiro atoms. The molecule has 3 rings (SSSR count). The smallest absolute Gasteiger partial charge is 0.261 e.